The maximum atomic E-state index is 12.0. The van der Waals surface area contributed by atoms with Gasteiger partial charge >= 0.3 is 6.09 Å². The van der Waals surface area contributed by atoms with Gasteiger partial charge in [-0.25, -0.2) is 4.79 Å². The number of nitrogens with two attached hydrogens (primary N) is 1. The summed E-state index contributed by atoms with van der Waals surface area (Å²) in [6.45, 7) is 11.6. The lowest BCUT2D eigenvalue weighted by Crippen LogP contribution is -2.51. The van der Waals surface area contributed by atoms with E-state index in [2.05, 4.69) is 29.0 Å². The second kappa shape index (κ2) is 6.74. The Morgan fingerprint density at radius 3 is 2.52 bits per heavy atom. The monoisotopic (exact) mass is 320 g/mol. The van der Waals surface area contributed by atoms with E-state index in [0.717, 1.165) is 18.8 Å². The van der Waals surface area contributed by atoms with Crippen LogP contribution in [0.3, 0.4) is 0 Å². The third-order valence-corrected chi connectivity index (χ3v) is 4.11. The minimum atomic E-state index is -0.534. The SMILES string of the molecule is C[C@@H]1CN(c2ccncc2NC(=O)OC(C)(C)C)C[C@H](C)[C@@H]1N. The van der Waals surface area contributed by atoms with Crippen molar-refractivity contribution in [2.24, 2.45) is 17.6 Å². The number of anilines is 2. The fourth-order valence-corrected chi connectivity index (χ4v) is 2.94. The maximum Gasteiger partial charge on any atom is 0.412 e. The van der Waals surface area contributed by atoms with Gasteiger partial charge in [0.05, 0.1) is 17.6 Å². The summed E-state index contributed by atoms with van der Waals surface area (Å²) in [6.07, 6.45) is 2.92. The van der Waals surface area contributed by atoms with Gasteiger partial charge in [-0.15, -0.1) is 0 Å². The number of amides is 1. The zero-order valence-corrected chi connectivity index (χ0v) is 14.7. The molecule has 0 aliphatic carbocycles. The fraction of sp³-hybridized carbons (Fsp3) is 0.647. The molecule has 2 rings (SSSR count). The number of carbonyl (C=O) groups excluding carboxylic acids is 1. The molecule has 23 heavy (non-hydrogen) atoms. The summed E-state index contributed by atoms with van der Waals surface area (Å²) in [7, 11) is 0. The van der Waals surface area contributed by atoms with Crippen molar-refractivity contribution < 1.29 is 9.53 Å². The highest BCUT2D eigenvalue weighted by molar-refractivity contribution is 5.89. The molecule has 3 atom stereocenters. The van der Waals surface area contributed by atoms with Crippen LogP contribution in [0, 0.1) is 11.8 Å². The maximum absolute atomic E-state index is 12.0. The van der Waals surface area contributed by atoms with Gasteiger partial charge in [-0.1, -0.05) is 13.8 Å². The van der Waals surface area contributed by atoms with Crippen LogP contribution in [0.25, 0.3) is 0 Å². The molecule has 1 aromatic heterocycles. The minimum Gasteiger partial charge on any atom is -0.444 e. The Labute approximate surface area is 138 Å². The lowest BCUT2D eigenvalue weighted by molar-refractivity contribution is 0.0636. The molecule has 6 heteroatoms. The predicted molar refractivity (Wildman–Crippen MR) is 92.6 cm³/mol. The summed E-state index contributed by atoms with van der Waals surface area (Å²) in [4.78, 5) is 18.4. The summed E-state index contributed by atoms with van der Waals surface area (Å²) in [6, 6.07) is 2.12. The van der Waals surface area contributed by atoms with E-state index in [4.69, 9.17) is 10.5 Å². The van der Waals surface area contributed by atoms with Crippen LogP contribution in [-0.2, 0) is 4.74 Å². The molecule has 0 bridgehead atoms. The van der Waals surface area contributed by atoms with Gasteiger partial charge in [0.1, 0.15) is 5.60 Å². The first-order chi connectivity index (χ1) is 10.7. The van der Waals surface area contributed by atoms with Crippen LogP contribution in [0.1, 0.15) is 34.6 Å². The largest absolute Gasteiger partial charge is 0.444 e. The Balaban J connectivity index is 2.16. The lowest BCUT2D eigenvalue weighted by atomic mass is 9.86. The van der Waals surface area contributed by atoms with E-state index in [9.17, 15) is 4.79 Å². The summed E-state index contributed by atoms with van der Waals surface area (Å²) in [5.74, 6) is 0.780. The van der Waals surface area contributed by atoms with Crippen LogP contribution in [-0.4, -0.2) is 35.8 Å². The van der Waals surface area contributed by atoms with Crippen LogP contribution < -0.4 is 16.0 Å². The zero-order valence-electron chi connectivity index (χ0n) is 14.7. The first-order valence-corrected chi connectivity index (χ1v) is 8.12. The first kappa shape index (κ1) is 17.5. The van der Waals surface area contributed by atoms with Crippen molar-refractivity contribution in [1.29, 1.82) is 0 Å². The van der Waals surface area contributed by atoms with E-state index >= 15 is 0 Å². The van der Waals surface area contributed by atoms with E-state index in [1.54, 1.807) is 12.4 Å². The highest BCUT2D eigenvalue weighted by Crippen LogP contribution is 2.31. The van der Waals surface area contributed by atoms with Crippen LogP contribution >= 0.6 is 0 Å². The van der Waals surface area contributed by atoms with Gasteiger partial charge in [-0.2, -0.15) is 0 Å². The molecular weight excluding hydrogens is 292 g/mol. The third-order valence-electron chi connectivity index (χ3n) is 4.11. The van der Waals surface area contributed by atoms with Crippen LogP contribution in [0.4, 0.5) is 16.2 Å². The predicted octanol–water partition coefficient (Wildman–Crippen LogP) is 2.85. The highest BCUT2D eigenvalue weighted by atomic mass is 16.6. The van der Waals surface area contributed by atoms with Crippen molar-refractivity contribution in [2.45, 2.75) is 46.3 Å². The van der Waals surface area contributed by atoms with Gasteiger partial charge in [0.2, 0.25) is 0 Å². The number of ether oxygens (including phenoxy) is 1. The number of carbonyl (C=O) groups is 1. The molecule has 1 saturated heterocycles. The summed E-state index contributed by atoms with van der Waals surface area (Å²) in [5.41, 5.74) is 7.31. The minimum absolute atomic E-state index is 0.204. The molecule has 0 spiro atoms. The summed E-state index contributed by atoms with van der Waals surface area (Å²) in [5, 5.41) is 2.81. The zero-order chi connectivity index (χ0) is 17.2. The molecule has 1 aliphatic rings. The molecule has 6 nitrogen and oxygen atoms in total. The van der Waals surface area contributed by atoms with Gasteiger partial charge in [-0.3, -0.25) is 10.3 Å². The average molecular weight is 320 g/mol. The molecule has 0 radical (unpaired) electrons. The molecule has 3 N–H and O–H groups in total. The van der Waals surface area contributed by atoms with Gasteiger partial charge < -0.3 is 15.4 Å². The Morgan fingerprint density at radius 2 is 1.96 bits per heavy atom. The molecule has 0 saturated carbocycles. The van der Waals surface area contributed by atoms with E-state index in [0.29, 0.717) is 17.5 Å². The molecule has 1 amide bonds. The molecule has 2 heterocycles. The van der Waals surface area contributed by atoms with Crippen LogP contribution in [0.15, 0.2) is 18.5 Å². The summed E-state index contributed by atoms with van der Waals surface area (Å²) >= 11 is 0. The number of piperidine rings is 1. The Bertz CT molecular complexity index is 544. The number of hydrogen-bond acceptors (Lipinski definition) is 5. The third kappa shape index (κ3) is 4.58. The standard InChI is InChI=1S/C17H28N4O2/c1-11-9-21(10-12(2)15(11)18)14-6-7-19-8-13(14)20-16(22)23-17(3,4)5/h6-8,11-12,15H,9-10,18H2,1-5H3,(H,20,22)/t11-,12+,15-. The Morgan fingerprint density at radius 1 is 1.35 bits per heavy atom. The second-order valence-corrected chi connectivity index (χ2v) is 7.46. The van der Waals surface area contributed by atoms with E-state index in [1.807, 2.05) is 26.8 Å². The highest BCUT2D eigenvalue weighted by Gasteiger charge is 2.30. The Hall–Kier alpha value is -1.82. The fourth-order valence-electron chi connectivity index (χ4n) is 2.94. The van der Waals surface area contributed by atoms with E-state index in [-0.39, 0.29) is 6.04 Å². The van der Waals surface area contributed by atoms with Crippen LogP contribution in [0.2, 0.25) is 0 Å². The van der Waals surface area contributed by atoms with Crippen molar-refractivity contribution in [3.8, 4) is 0 Å². The van der Waals surface area contributed by atoms with Gasteiger partial charge in [0.15, 0.2) is 0 Å². The van der Waals surface area contributed by atoms with Crippen molar-refractivity contribution in [1.82, 2.24) is 4.98 Å². The van der Waals surface area contributed by atoms with E-state index in [1.165, 1.54) is 0 Å². The van der Waals surface area contributed by atoms with Crippen LogP contribution in [0.5, 0.6) is 0 Å². The average Bonchev–Trinajstić information content (AvgIpc) is 2.42. The quantitative estimate of drug-likeness (QED) is 0.876. The number of rotatable bonds is 2. The number of nitrogens with one attached hydrogen (secondary N) is 1. The Kier molecular flexibility index (Phi) is 5.14. The van der Waals surface area contributed by atoms with Crippen molar-refractivity contribution >= 4 is 17.5 Å². The molecule has 1 aliphatic heterocycles. The lowest BCUT2D eigenvalue weighted by Gasteiger charge is -2.41. The van der Waals surface area contributed by atoms with Gasteiger partial charge in [-0.05, 0) is 38.7 Å². The number of aromatic nitrogens is 1. The first-order valence-electron chi connectivity index (χ1n) is 8.12. The van der Waals surface area contributed by atoms with E-state index < -0.39 is 11.7 Å². The molecule has 128 valence electrons. The molecule has 1 fully saturated rings. The second-order valence-electron chi connectivity index (χ2n) is 7.46. The van der Waals surface area contributed by atoms with Gasteiger partial charge in [0.25, 0.3) is 0 Å². The molecule has 0 aromatic carbocycles. The van der Waals surface area contributed by atoms with Crippen molar-refractivity contribution in [3.05, 3.63) is 18.5 Å². The van der Waals surface area contributed by atoms with Crippen molar-refractivity contribution in [3.63, 3.8) is 0 Å². The smallest absolute Gasteiger partial charge is 0.412 e. The van der Waals surface area contributed by atoms with Crippen molar-refractivity contribution in [2.75, 3.05) is 23.3 Å². The van der Waals surface area contributed by atoms with Gasteiger partial charge in [0, 0.05) is 25.3 Å². The molecule has 0 unspecified atom stereocenters. The number of hydrogen-bond donors (Lipinski definition) is 2. The molecule has 1 aromatic rings. The number of pyridine rings is 1. The molecular formula is C17H28N4O2. The normalized spacial score (nSPS) is 25.1. The summed E-state index contributed by atoms with van der Waals surface area (Å²) < 4.78 is 5.33. The topological polar surface area (TPSA) is 80.5 Å². The number of nitrogens with zero attached hydrogens (tertiary/aromatic N) is 2.